The summed E-state index contributed by atoms with van der Waals surface area (Å²) >= 11 is 11.9. The van der Waals surface area contributed by atoms with Crippen molar-refractivity contribution in [2.75, 3.05) is 26.2 Å². The van der Waals surface area contributed by atoms with E-state index in [1.807, 2.05) is 0 Å². The molecule has 0 bridgehead atoms. The summed E-state index contributed by atoms with van der Waals surface area (Å²) in [6.07, 6.45) is 0. The predicted octanol–water partition coefficient (Wildman–Crippen LogP) is 0.561. The van der Waals surface area contributed by atoms with Crippen LogP contribution >= 0.6 is 23.2 Å². The topological polar surface area (TPSA) is 54.0 Å². The summed E-state index contributed by atoms with van der Waals surface area (Å²) in [6.45, 7) is 2.51. The van der Waals surface area contributed by atoms with Crippen molar-refractivity contribution in [3.05, 3.63) is 28.2 Å². The van der Waals surface area contributed by atoms with Crippen LogP contribution in [0.3, 0.4) is 0 Å². The normalized spacial score (nSPS) is 18.2. The number of hydrogen-bond donors (Lipinski definition) is 1. The maximum Gasteiger partial charge on any atom is 0.246 e. The number of halogens is 2. The van der Waals surface area contributed by atoms with Gasteiger partial charge < -0.3 is 5.32 Å². The lowest BCUT2D eigenvalue weighted by Gasteiger charge is -2.25. The molecule has 17 heavy (non-hydrogen) atoms. The molecule has 2 N–H and O–H groups in total. The molecule has 0 aliphatic carbocycles. The first kappa shape index (κ1) is 13.1. The molecule has 1 heterocycles. The van der Waals surface area contributed by atoms with E-state index in [1.165, 1.54) is 16.4 Å². The smallest absolute Gasteiger partial charge is 0.246 e. The molecule has 94 valence electrons. The van der Waals surface area contributed by atoms with Crippen LogP contribution in [0.5, 0.6) is 0 Å². The molecule has 0 saturated carbocycles. The van der Waals surface area contributed by atoms with Crippen LogP contribution in [0, 0.1) is 0 Å². The van der Waals surface area contributed by atoms with Crippen molar-refractivity contribution < 1.29 is 13.7 Å². The van der Waals surface area contributed by atoms with E-state index in [0.29, 0.717) is 13.1 Å². The molecular weight excluding hydrogens is 283 g/mol. The van der Waals surface area contributed by atoms with Crippen LogP contribution in [0.15, 0.2) is 23.1 Å². The van der Waals surface area contributed by atoms with Crippen molar-refractivity contribution in [2.45, 2.75) is 4.90 Å². The van der Waals surface area contributed by atoms with Gasteiger partial charge in [0.25, 0.3) is 0 Å². The number of sulfonamides is 1. The zero-order chi connectivity index (χ0) is 12.5. The van der Waals surface area contributed by atoms with Crippen molar-refractivity contribution >= 4 is 33.2 Å². The number of hydrogen-bond acceptors (Lipinski definition) is 2. The zero-order valence-corrected chi connectivity index (χ0v) is 11.4. The van der Waals surface area contributed by atoms with Crippen molar-refractivity contribution in [1.82, 2.24) is 4.31 Å². The fourth-order valence-corrected chi connectivity index (χ4v) is 4.39. The molecule has 0 amide bonds. The maximum absolute atomic E-state index is 12.4. The maximum atomic E-state index is 12.4. The first-order valence-corrected chi connectivity index (χ1v) is 7.49. The summed E-state index contributed by atoms with van der Waals surface area (Å²) in [6, 6.07) is 4.71. The van der Waals surface area contributed by atoms with Crippen LogP contribution in [-0.2, 0) is 10.0 Å². The lowest BCUT2D eigenvalue weighted by atomic mass is 10.4. The van der Waals surface area contributed by atoms with Crippen molar-refractivity contribution in [3.63, 3.8) is 0 Å². The molecule has 0 atom stereocenters. The standard InChI is InChI=1S/C10H12Cl2N2O2S/c11-8-2-1-3-9(12)10(8)17(15,16)14-6-4-13-5-7-14/h1-3,13H,4-7H2/p+1. The van der Waals surface area contributed by atoms with E-state index in [0.717, 1.165) is 13.1 Å². The van der Waals surface area contributed by atoms with E-state index in [-0.39, 0.29) is 14.9 Å². The summed E-state index contributed by atoms with van der Waals surface area (Å²) in [5.74, 6) is 0. The van der Waals surface area contributed by atoms with Crippen molar-refractivity contribution in [3.8, 4) is 0 Å². The molecule has 1 aliphatic heterocycles. The van der Waals surface area contributed by atoms with Gasteiger partial charge in [0.05, 0.1) is 36.2 Å². The van der Waals surface area contributed by atoms with Crippen LogP contribution < -0.4 is 5.32 Å². The Hall–Kier alpha value is -0.330. The molecule has 1 aliphatic rings. The molecule has 1 aromatic rings. The minimum atomic E-state index is -3.57. The van der Waals surface area contributed by atoms with Crippen LogP contribution in [0.1, 0.15) is 0 Å². The Balaban J connectivity index is 2.44. The summed E-state index contributed by atoms with van der Waals surface area (Å²) in [4.78, 5) is 0.0187. The van der Waals surface area contributed by atoms with Gasteiger partial charge in [-0.1, -0.05) is 29.3 Å². The summed E-state index contributed by atoms with van der Waals surface area (Å²) < 4.78 is 26.2. The van der Waals surface area contributed by atoms with Gasteiger partial charge in [0.15, 0.2) is 0 Å². The first-order valence-electron chi connectivity index (χ1n) is 5.29. The van der Waals surface area contributed by atoms with Gasteiger partial charge in [-0.2, -0.15) is 4.31 Å². The second-order valence-electron chi connectivity index (χ2n) is 3.82. The van der Waals surface area contributed by atoms with Gasteiger partial charge in [-0.3, -0.25) is 0 Å². The van der Waals surface area contributed by atoms with Gasteiger partial charge in [0.2, 0.25) is 10.0 Å². The quantitative estimate of drug-likeness (QED) is 0.867. The number of piperazine rings is 1. The largest absolute Gasteiger partial charge is 0.344 e. The number of nitrogens with zero attached hydrogens (tertiary/aromatic N) is 1. The molecule has 0 aromatic heterocycles. The third kappa shape index (κ3) is 2.58. The minimum absolute atomic E-state index is 0.0187. The minimum Gasteiger partial charge on any atom is -0.344 e. The van der Waals surface area contributed by atoms with E-state index < -0.39 is 10.0 Å². The van der Waals surface area contributed by atoms with E-state index in [4.69, 9.17) is 23.2 Å². The Kier molecular flexibility index (Phi) is 3.95. The SMILES string of the molecule is O=S(=O)(c1c(Cl)cccc1Cl)N1CC[NH2+]CC1. The Bertz CT molecular complexity index is 493. The van der Waals surface area contributed by atoms with Gasteiger partial charge in [0, 0.05) is 0 Å². The fraction of sp³-hybridized carbons (Fsp3) is 0.400. The number of benzene rings is 1. The summed E-state index contributed by atoms with van der Waals surface area (Å²) in [7, 11) is -3.57. The second-order valence-corrected chi connectivity index (χ2v) is 6.51. The summed E-state index contributed by atoms with van der Waals surface area (Å²) in [5.41, 5.74) is 0. The lowest BCUT2D eigenvalue weighted by Crippen LogP contribution is -2.89. The van der Waals surface area contributed by atoms with E-state index in [9.17, 15) is 8.42 Å². The fourth-order valence-electron chi connectivity index (χ4n) is 1.83. The van der Waals surface area contributed by atoms with Gasteiger partial charge in [-0.15, -0.1) is 0 Å². The first-order chi connectivity index (χ1) is 8.03. The summed E-state index contributed by atoms with van der Waals surface area (Å²) in [5, 5.41) is 2.43. The second kappa shape index (κ2) is 5.12. The zero-order valence-electron chi connectivity index (χ0n) is 9.07. The molecule has 1 aromatic carbocycles. The number of quaternary nitrogens is 1. The molecule has 1 saturated heterocycles. The van der Waals surface area contributed by atoms with E-state index in [2.05, 4.69) is 5.32 Å². The molecule has 0 unspecified atom stereocenters. The Morgan fingerprint density at radius 1 is 1.12 bits per heavy atom. The highest BCUT2D eigenvalue weighted by atomic mass is 35.5. The molecule has 0 spiro atoms. The van der Waals surface area contributed by atoms with Crippen LogP contribution in [0.4, 0.5) is 0 Å². The molecule has 7 heteroatoms. The Morgan fingerprint density at radius 3 is 2.18 bits per heavy atom. The van der Waals surface area contributed by atoms with Crippen LogP contribution in [0.25, 0.3) is 0 Å². The van der Waals surface area contributed by atoms with E-state index in [1.54, 1.807) is 6.07 Å². The average molecular weight is 296 g/mol. The Labute approximate surface area is 111 Å². The van der Waals surface area contributed by atoms with Crippen molar-refractivity contribution in [2.24, 2.45) is 0 Å². The van der Waals surface area contributed by atoms with Crippen molar-refractivity contribution in [1.29, 1.82) is 0 Å². The van der Waals surface area contributed by atoms with Crippen LogP contribution in [-0.4, -0.2) is 38.9 Å². The Morgan fingerprint density at radius 2 is 1.65 bits per heavy atom. The monoisotopic (exact) mass is 295 g/mol. The van der Waals surface area contributed by atoms with Crippen LogP contribution in [0.2, 0.25) is 10.0 Å². The number of nitrogens with two attached hydrogens (primary N) is 1. The van der Waals surface area contributed by atoms with Gasteiger partial charge >= 0.3 is 0 Å². The average Bonchev–Trinajstić information content (AvgIpc) is 2.29. The predicted molar refractivity (Wildman–Crippen MR) is 66.9 cm³/mol. The lowest BCUT2D eigenvalue weighted by molar-refractivity contribution is -0.661. The molecule has 1 fully saturated rings. The molecule has 2 rings (SSSR count). The highest BCUT2D eigenvalue weighted by Crippen LogP contribution is 2.31. The third-order valence-electron chi connectivity index (χ3n) is 2.68. The van der Waals surface area contributed by atoms with Gasteiger partial charge in [0.1, 0.15) is 4.90 Å². The van der Waals surface area contributed by atoms with Gasteiger partial charge in [-0.05, 0) is 12.1 Å². The van der Waals surface area contributed by atoms with E-state index >= 15 is 0 Å². The number of rotatable bonds is 2. The highest BCUT2D eigenvalue weighted by Gasteiger charge is 2.30. The van der Waals surface area contributed by atoms with Gasteiger partial charge in [-0.25, -0.2) is 8.42 Å². The molecule has 0 radical (unpaired) electrons. The third-order valence-corrected chi connectivity index (χ3v) is 5.54. The molecular formula is C10H13Cl2N2O2S+. The highest BCUT2D eigenvalue weighted by molar-refractivity contribution is 7.89. The molecule has 4 nitrogen and oxygen atoms in total.